The van der Waals surface area contributed by atoms with E-state index in [0.29, 0.717) is 9.13 Å². The van der Waals surface area contributed by atoms with Gasteiger partial charge in [0, 0.05) is 19.3 Å². The number of nitrogens with zero attached hydrogens (tertiary/aromatic N) is 2. The SMILES string of the molecule is Cn1c(=O)ccn([C@@H]2O[C@H](COC(=O)c3ccccc3)[C@@H](OC(=O)c3ccccc3)C2(F)F)c1=O. The number of alkyl halides is 2. The van der Waals surface area contributed by atoms with E-state index in [0.717, 1.165) is 19.3 Å². The highest BCUT2D eigenvalue weighted by atomic mass is 19.3. The molecule has 0 N–H and O–H groups in total. The van der Waals surface area contributed by atoms with Gasteiger partial charge in [0.2, 0.25) is 6.23 Å². The molecule has 1 aromatic heterocycles. The molecule has 3 aromatic rings. The van der Waals surface area contributed by atoms with Gasteiger partial charge in [0.05, 0.1) is 11.1 Å². The molecule has 3 atom stereocenters. The maximum atomic E-state index is 15.6. The lowest BCUT2D eigenvalue weighted by Gasteiger charge is -2.24. The summed E-state index contributed by atoms with van der Waals surface area (Å²) in [7, 11) is 1.13. The number of benzene rings is 2. The molecule has 1 aliphatic heterocycles. The summed E-state index contributed by atoms with van der Waals surface area (Å²) in [4.78, 5) is 49.1. The van der Waals surface area contributed by atoms with Crippen LogP contribution in [0.4, 0.5) is 8.78 Å². The third-order valence-electron chi connectivity index (χ3n) is 5.45. The molecule has 0 amide bonds. The van der Waals surface area contributed by atoms with Gasteiger partial charge in [-0.15, -0.1) is 0 Å². The number of rotatable bonds is 6. The number of halogens is 2. The minimum Gasteiger partial charge on any atom is -0.459 e. The van der Waals surface area contributed by atoms with Crippen molar-refractivity contribution in [2.24, 2.45) is 7.05 Å². The molecule has 0 radical (unpaired) electrons. The van der Waals surface area contributed by atoms with Crippen LogP contribution in [0.25, 0.3) is 0 Å². The Balaban J connectivity index is 1.64. The summed E-state index contributed by atoms with van der Waals surface area (Å²) in [6.45, 7) is -0.687. The molecule has 4 rings (SSSR count). The Bertz CT molecular complexity index is 1340. The largest absolute Gasteiger partial charge is 0.459 e. The maximum Gasteiger partial charge on any atom is 0.338 e. The molecule has 2 aromatic carbocycles. The lowest BCUT2D eigenvalue weighted by Crippen LogP contribution is -2.46. The molecule has 0 spiro atoms. The molecule has 1 fully saturated rings. The van der Waals surface area contributed by atoms with E-state index in [1.165, 1.54) is 36.4 Å². The van der Waals surface area contributed by atoms with Gasteiger partial charge >= 0.3 is 23.6 Å². The van der Waals surface area contributed by atoms with Crippen LogP contribution in [0.1, 0.15) is 26.9 Å². The smallest absolute Gasteiger partial charge is 0.338 e. The van der Waals surface area contributed by atoms with Crippen LogP contribution in [-0.2, 0) is 21.3 Å². The minimum atomic E-state index is -3.92. The van der Waals surface area contributed by atoms with Gasteiger partial charge in [0.25, 0.3) is 5.56 Å². The number of carbonyl (C=O) groups excluding carboxylic acids is 2. The average Bonchev–Trinajstić information content (AvgIpc) is 3.11. The number of hydrogen-bond acceptors (Lipinski definition) is 7. The normalized spacial score (nSPS) is 20.8. The van der Waals surface area contributed by atoms with Crippen LogP contribution in [0.5, 0.6) is 0 Å². The first-order valence-electron chi connectivity index (χ1n) is 10.5. The van der Waals surface area contributed by atoms with Crippen LogP contribution >= 0.6 is 0 Å². The average molecular weight is 486 g/mol. The Morgan fingerprint density at radius 2 is 1.51 bits per heavy atom. The quantitative estimate of drug-likeness (QED) is 0.492. The van der Waals surface area contributed by atoms with E-state index >= 15 is 8.78 Å². The van der Waals surface area contributed by atoms with Crippen molar-refractivity contribution in [1.82, 2.24) is 9.13 Å². The van der Waals surface area contributed by atoms with Gasteiger partial charge in [0.1, 0.15) is 12.7 Å². The van der Waals surface area contributed by atoms with Crippen molar-refractivity contribution in [1.29, 1.82) is 0 Å². The van der Waals surface area contributed by atoms with Crippen molar-refractivity contribution in [3.63, 3.8) is 0 Å². The van der Waals surface area contributed by atoms with Crippen LogP contribution in [0.2, 0.25) is 0 Å². The van der Waals surface area contributed by atoms with E-state index in [1.807, 2.05) is 0 Å². The summed E-state index contributed by atoms with van der Waals surface area (Å²) in [5, 5.41) is 0. The summed E-state index contributed by atoms with van der Waals surface area (Å²) in [6.07, 6.45) is -5.17. The Morgan fingerprint density at radius 3 is 2.11 bits per heavy atom. The summed E-state index contributed by atoms with van der Waals surface area (Å²) in [6, 6.07) is 16.2. The van der Waals surface area contributed by atoms with E-state index in [-0.39, 0.29) is 11.1 Å². The zero-order valence-corrected chi connectivity index (χ0v) is 18.4. The molecule has 11 heteroatoms. The fraction of sp³-hybridized carbons (Fsp3) is 0.250. The predicted octanol–water partition coefficient (Wildman–Crippen LogP) is 2.16. The van der Waals surface area contributed by atoms with E-state index in [1.54, 1.807) is 24.3 Å². The fourth-order valence-corrected chi connectivity index (χ4v) is 3.59. The lowest BCUT2D eigenvalue weighted by molar-refractivity contribution is -0.143. The molecule has 0 aliphatic carbocycles. The first-order chi connectivity index (χ1) is 16.7. The van der Waals surface area contributed by atoms with E-state index < -0.39 is 54.2 Å². The second-order valence-corrected chi connectivity index (χ2v) is 7.76. The number of ether oxygens (including phenoxy) is 3. The zero-order chi connectivity index (χ0) is 25.2. The summed E-state index contributed by atoms with van der Waals surface area (Å²) < 4.78 is 48.0. The second-order valence-electron chi connectivity index (χ2n) is 7.76. The standard InChI is InChI=1S/C24H20F2N2O7/c1-27-18(29)12-13-28(23(27)32)22-24(25,26)19(35-21(31)16-10-6-3-7-11-16)17(34-22)14-33-20(30)15-8-4-2-5-9-15/h2-13,17,19,22H,14H2,1H3/t17-,19-,22-/m1/s1. The Hall–Kier alpha value is -4.12. The number of aromatic nitrogens is 2. The molecule has 0 saturated carbocycles. The molecule has 2 heterocycles. The first-order valence-corrected chi connectivity index (χ1v) is 10.5. The number of esters is 2. The monoisotopic (exact) mass is 486 g/mol. The lowest BCUT2D eigenvalue weighted by atomic mass is 10.1. The molecular formula is C24H20F2N2O7. The molecule has 0 bridgehead atoms. The summed E-state index contributed by atoms with van der Waals surface area (Å²) >= 11 is 0. The zero-order valence-electron chi connectivity index (χ0n) is 18.4. The van der Waals surface area contributed by atoms with Gasteiger partial charge in [-0.3, -0.25) is 13.9 Å². The molecular weight excluding hydrogens is 466 g/mol. The van der Waals surface area contributed by atoms with Crippen molar-refractivity contribution in [3.8, 4) is 0 Å². The summed E-state index contributed by atoms with van der Waals surface area (Å²) in [5.41, 5.74) is -1.56. The van der Waals surface area contributed by atoms with Gasteiger partial charge in [-0.2, -0.15) is 8.78 Å². The Labute approximate surface area is 197 Å². The van der Waals surface area contributed by atoms with Crippen LogP contribution in [-0.4, -0.2) is 45.8 Å². The van der Waals surface area contributed by atoms with Gasteiger partial charge in [-0.05, 0) is 24.3 Å². The van der Waals surface area contributed by atoms with Gasteiger partial charge < -0.3 is 14.2 Å². The van der Waals surface area contributed by atoms with Crippen LogP contribution in [0.3, 0.4) is 0 Å². The molecule has 182 valence electrons. The van der Waals surface area contributed by atoms with Crippen molar-refractivity contribution in [2.75, 3.05) is 6.61 Å². The highest BCUT2D eigenvalue weighted by Gasteiger charge is 2.63. The van der Waals surface area contributed by atoms with Crippen molar-refractivity contribution < 1.29 is 32.6 Å². The highest BCUT2D eigenvalue weighted by Crippen LogP contribution is 2.44. The van der Waals surface area contributed by atoms with Crippen LogP contribution < -0.4 is 11.2 Å². The molecule has 35 heavy (non-hydrogen) atoms. The van der Waals surface area contributed by atoms with E-state index in [4.69, 9.17) is 14.2 Å². The third-order valence-corrected chi connectivity index (χ3v) is 5.45. The highest BCUT2D eigenvalue weighted by molar-refractivity contribution is 5.90. The molecule has 0 unspecified atom stereocenters. The van der Waals surface area contributed by atoms with Gasteiger partial charge in [-0.25, -0.2) is 14.4 Å². The number of carbonyl (C=O) groups is 2. The molecule has 1 aliphatic rings. The fourth-order valence-electron chi connectivity index (χ4n) is 3.59. The maximum absolute atomic E-state index is 15.6. The molecule has 9 nitrogen and oxygen atoms in total. The van der Waals surface area contributed by atoms with Gasteiger partial charge in [-0.1, -0.05) is 36.4 Å². The van der Waals surface area contributed by atoms with Gasteiger partial charge in [0.15, 0.2) is 6.10 Å². The van der Waals surface area contributed by atoms with Crippen LogP contribution in [0.15, 0.2) is 82.5 Å². The predicted molar refractivity (Wildman–Crippen MR) is 117 cm³/mol. The topological polar surface area (TPSA) is 106 Å². The number of hydrogen-bond donors (Lipinski definition) is 0. The van der Waals surface area contributed by atoms with E-state index in [9.17, 15) is 19.2 Å². The van der Waals surface area contributed by atoms with Crippen LogP contribution in [0, 0.1) is 0 Å². The Kier molecular flexibility index (Phi) is 6.61. The second kappa shape index (κ2) is 9.63. The van der Waals surface area contributed by atoms with Crippen molar-refractivity contribution >= 4 is 11.9 Å². The third kappa shape index (κ3) is 4.76. The Morgan fingerprint density at radius 1 is 0.943 bits per heavy atom. The van der Waals surface area contributed by atoms with Crippen molar-refractivity contribution in [3.05, 3.63) is 105 Å². The van der Waals surface area contributed by atoms with E-state index in [2.05, 4.69) is 0 Å². The minimum absolute atomic E-state index is 0.0195. The first kappa shape index (κ1) is 24.0. The summed E-state index contributed by atoms with van der Waals surface area (Å²) in [5.74, 6) is -5.77. The van der Waals surface area contributed by atoms with Crippen molar-refractivity contribution in [2.45, 2.75) is 24.4 Å². The molecule has 1 saturated heterocycles.